The lowest BCUT2D eigenvalue weighted by Gasteiger charge is -2.37. The second-order valence-corrected chi connectivity index (χ2v) is 7.00. The number of hydrogen-bond acceptors (Lipinski definition) is 3. The van der Waals surface area contributed by atoms with Gasteiger partial charge in [-0.3, -0.25) is 9.89 Å². The molecule has 0 bridgehead atoms. The molecule has 3 rings (SSSR count). The van der Waals surface area contributed by atoms with Gasteiger partial charge in [0.05, 0.1) is 5.69 Å². The van der Waals surface area contributed by atoms with E-state index in [9.17, 15) is 4.79 Å². The number of piperazine rings is 1. The third-order valence-electron chi connectivity index (χ3n) is 5.42. The quantitative estimate of drug-likeness (QED) is 0.931. The topological polar surface area (TPSA) is 52.2 Å². The number of nitrogens with one attached hydrogen (secondary N) is 1. The molecular formula is C20H28N4O. The molecule has 5 nitrogen and oxygen atoms in total. The van der Waals surface area contributed by atoms with Crippen molar-refractivity contribution in [2.24, 2.45) is 0 Å². The number of carbonyl (C=O) groups excluding carboxylic acids is 1. The fraction of sp³-hybridized carbons (Fsp3) is 0.500. The summed E-state index contributed by atoms with van der Waals surface area (Å²) in [4.78, 5) is 17.0. The minimum absolute atomic E-state index is 0.251. The van der Waals surface area contributed by atoms with E-state index in [0.717, 1.165) is 44.0 Å². The Morgan fingerprint density at radius 3 is 2.48 bits per heavy atom. The Morgan fingerprint density at radius 2 is 1.84 bits per heavy atom. The van der Waals surface area contributed by atoms with E-state index >= 15 is 0 Å². The van der Waals surface area contributed by atoms with Crippen molar-refractivity contribution < 1.29 is 4.79 Å². The summed E-state index contributed by atoms with van der Waals surface area (Å²) in [6.07, 6.45) is 1.33. The average molecular weight is 340 g/mol. The summed E-state index contributed by atoms with van der Waals surface area (Å²) in [7, 11) is 0. The number of aryl methyl sites for hydroxylation is 3. The smallest absolute Gasteiger partial charge is 0.223 e. The summed E-state index contributed by atoms with van der Waals surface area (Å²) in [5.74, 6) is 0.251. The maximum absolute atomic E-state index is 12.6. The predicted octanol–water partition coefficient (Wildman–Crippen LogP) is 2.92. The number of carbonyl (C=O) groups is 1. The van der Waals surface area contributed by atoms with Gasteiger partial charge in [0.1, 0.15) is 0 Å². The van der Waals surface area contributed by atoms with Gasteiger partial charge in [-0.25, -0.2) is 0 Å². The Kier molecular flexibility index (Phi) is 5.11. The van der Waals surface area contributed by atoms with Crippen LogP contribution in [0.2, 0.25) is 0 Å². The summed E-state index contributed by atoms with van der Waals surface area (Å²) >= 11 is 0. The molecule has 1 amide bonds. The van der Waals surface area contributed by atoms with Gasteiger partial charge in [0.15, 0.2) is 0 Å². The molecule has 2 heterocycles. The molecule has 1 aliphatic rings. The van der Waals surface area contributed by atoms with E-state index in [4.69, 9.17) is 0 Å². The van der Waals surface area contributed by atoms with Crippen molar-refractivity contribution in [2.45, 2.75) is 40.5 Å². The molecule has 25 heavy (non-hydrogen) atoms. The van der Waals surface area contributed by atoms with Gasteiger partial charge in [-0.2, -0.15) is 5.10 Å². The molecule has 1 N–H and O–H groups in total. The monoisotopic (exact) mass is 340 g/mol. The lowest BCUT2D eigenvalue weighted by molar-refractivity contribution is -0.131. The van der Waals surface area contributed by atoms with Crippen LogP contribution in [0.3, 0.4) is 0 Å². The first-order valence-electron chi connectivity index (χ1n) is 9.06. The van der Waals surface area contributed by atoms with E-state index in [0.29, 0.717) is 6.42 Å². The average Bonchev–Trinajstić information content (AvgIpc) is 2.93. The standard InChI is InChI=1S/C20H28N4O/c1-14-6-5-7-19(15(14)2)23-10-12-24(13-11-23)20(25)9-8-18-16(3)21-22-17(18)4/h5-7H,8-13H2,1-4H3,(H,21,22). The van der Waals surface area contributed by atoms with Crippen molar-refractivity contribution in [2.75, 3.05) is 31.1 Å². The van der Waals surface area contributed by atoms with Crippen LogP contribution in [0.15, 0.2) is 18.2 Å². The SMILES string of the molecule is Cc1cccc(N2CCN(C(=O)CCc3c(C)n[nH]c3C)CC2)c1C. The summed E-state index contributed by atoms with van der Waals surface area (Å²) in [5, 5.41) is 7.20. The first-order chi connectivity index (χ1) is 12.0. The number of aromatic nitrogens is 2. The number of hydrogen-bond donors (Lipinski definition) is 1. The lowest BCUT2D eigenvalue weighted by atomic mass is 10.1. The molecule has 1 saturated heterocycles. The van der Waals surface area contributed by atoms with E-state index in [2.05, 4.69) is 47.1 Å². The molecule has 0 atom stereocenters. The van der Waals surface area contributed by atoms with Crippen molar-refractivity contribution in [1.82, 2.24) is 15.1 Å². The minimum atomic E-state index is 0.251. The molecule has 0 aliphatic carbocycles. The Bertz CT molecular complexity index is 738. The molecule has 0 spiro atoms. The van der Waals surface area contributed by atoms with E-state index < -0.39 is 0 Å². The van der Waals surface area contributed by atoms with Gasteiger partial charge in [0, 0.05) is 44.0 Å². The number of amides is 1. The summed E-state index contributed by atoms with van der Waals surface area (Å²) in [5.41, 5.74) is 7.23. The second kappa shape index (κ2) is 7.30. The number of rotatable bonds is 4. The number of aromatic amines is 1. The zero-order valence-corrected chi connectivity index (χ0v) is 15.7. The van der Waals surface area contributed by atoms with Gasteiger partial charge in [-0.15, -0.1) is 0 Å². The Morgan fingerprint density at radius 1 is 1.12 bits per heavy atom. The summed E-state index contributed by atoms with van der Waals surface area (Å²) < 4.78 is 0. The van der Waals surface area contributed by atoms with E-state index in [1.807, 2.05) is 18.7 Å². The van der Waals surface area contributed by atoms with Crippen LogP contribution in [0.4, 0.5) is 5.69 Å². The van der Waals surface area contributed by atoms with E-state index in [-0.39, 0.29) is 5.91 Å². The van der Waals surface area contributed by atoms with Gasteiger partial charge < -0.3 is 9.80 Å². The van der Waals surface area contributed by atoms with Crippen LogP contribution in [0.5, 0.6) is 0 Å². The molecular weight excluding hydrogens is 312 g/mol. The molecule has 1 aromatic heterocycles. The van der Waals surface area contributed by atoms with Gasteiger partial charge >= 0.3 is 0 Å². The molecule has 134 valence electrons. The second-order valence-electron chi connectivity index (χ2n) is 7.00. The normalized spacial score (nSPS) is 14.9. The molecule has 0 radical (unpaired) electrons. The molecule has 1 fully saturated rings. The third kappa shape index (κ3) is 3.70. The van der Waals surface area contributed by atoms with Crippen molar-refractivity contribution in [3.05, 3.63) is 46.3 Å². The van der Waals surface area contributed by atoms with Crippen LogP contribution < -0.4 is 4.90 Å². The van der Waals surface area contributed by atoms with Crippen molar-refractivity contribution in [1.29, 1.82) is 0 Å². The van der Waals surface area contributed by atoms with Gasteiger partial charge in [-0.1, -0.05) is 12.1 Å². The van der Waals surface area contributed by atoms with E-state index in [1.54, 1.807) is 0 Å². The van der Waals surface area contributed by atoms with Gasteiger partial charge in [-0.05, 0) is 56.9 Å². The number of anilines is 1. The van der Waals surface area contributed by atoms with Crippen molar-refractivity contribution in [3.8, 4) is 0 Å². The molecule has 0 unspecified atom stereocenters. The lowest BCUT2D eigenvalue weighted by Crippen LogP contribution is -2.49. The number of benzene rings is 1. The fourth-order valence-electron chi connectivity index (χ4n) is 3.61. The molecule has 0 saturated carbocycles. The third-order valence-corrected chi connectivity index (χ3v) is 5.42. The Labute approximate surface area is 150 Å². The first kappa shape index (κ1) is 17.5. The van der Waals surface area contributed by atoms with Crippen LogP contribution in [0.25, 0.3) is 0 Å². The Balaban J connectivity index is 1.55. The highest BCUT2D eigenvalue weighted by Gasteiger charge is 2.22. The summed E-state index contributed by atoms with van der Waals surface area (Å²) in [6.45, 7) is 11.7. The fourth-order valence-corrected chi connectivity index (χ4v) is 3.61. The maximum atomic E-state index is 12.6. The molecule has 1 aromatic carbocycles. The van der Waals surface area contributed by atoms with Crippen molar-refractivity contribution >= 4 is 11.6 Å². The number of nitrogens with zero attached hydrogens (tertiary/aromatic N) is 3. The molecule has 2 aromatic rings. The zero-order chi connectivity index (χ0) is 18.0. The maximum Gasteiger partial charge on any atom is 0.223 e. The minimum Gasteiger partial charge on any atom is -0.368 e. The van der Waals surface area contributed by atoms with Gasteiger partial charge in [0.2, 0.25) is 5.91 Å². The highest BCUT2D eigenvalue weighted by Crippen LogP contribution is 2.24. The van der Waals surface area contributed by atoms with E-state index in [1.165, 1.54) is 22.4 Å². The molecule has 5 heteroatoms. The van der Waals surface area contributed by atoms with Crippen LogP contribution in [-0.2, 0) is 11.2 Å². The van der Waals surface area contributed by atoms with Gasteiger partial charge in [0.25, 0.3) is 0 Å². The van der Waals surface area contributed by atoms with Crippen LogP contribution in [0, 0.1) is 27.7 Å². The highest BCUT2D eigenvalue weighted by molar-refractivity contribution is 5.77. The van der Waals surface area contributed by atoms with Crippen LogP contribution >= 0.6 is 0 Å². The van der Waals surface area contributed by atoms with Crippen LogP contribution in [-0.4, -0.2) is 47.2 Å². The molecule has 1 aliphatic heterocycles. The zero-order valence-electron chi connectivity index (χ0n) is 15.7. The Hall–Kier alpha value is -2.30. The van der Waals surface area contributed by atoms with Crippen LogP contribution in [0.1, 0.15) is 34.5 Å². The van der Waals surface area contributed by atoms with Crippen molar-refractivity contribution in [3.63, 3.8) is 0 Å². The number of H-pyrrole nitrogens is 1. The largest absolute Gasteiger partial charge is 0.368 e. The highest BCUT2D eigenvalue weighted by atomic mass is 16.2. The predicted molar refractivity (Wildman–Crippen MR) is 101 cm³/mol. The summed E-state index contributed by atoms with van der Waals surface area (Å²) in [6, 6.07) is 6.45. The first-order valence-corrected chi connectivity index (χ1v) is 9.06.